The van der Waals surface area contributed by atoms with Crippen molar-refractivity contribution in [1.29, 1.82) is 0 Å². The second-order valence-corrected chi connectivity index (χ2v) is 10.3. The predicted octanol–water partition coefficient (Wildman–Crippen LogP) is 5.29. The lowest BCUT2D eigenvalue weighted by Gasteiger charge is -2.08. The van der Waals surface area contributed by atoms with Gasteiger partial charge in [0.2, 0.25) is 5.91 Å². The monoisotopic (exact) mass is 541 g/mol. The normalized spacial score (nSPS) is 11.5. The van der Waals surface area contributed by atoms with Gasteiger partial charge in [0.05, 0.1) is 39.5 Å². The smallest absolute Gasteiger partial charge is 0.251 e. The van der Waals surface area contributed by atoms with E-state index < -0.39 is 5.91 Å². The van der Waals surface area contributed by atoms with Gasteiger partial charge >= 0.3 is 0 Å². The lowest BCUT2D eigenvalue weighted by molar-refractivity contribution is 0.0942. The number of nitrogens with one attached hydrogen (secondary N) is 1. The number of rotatable bonds is 7. The zero-order valence-corrected chi connectivity index (χ0v) is 22.8. The third-order valence-corrected chi connectivity index (χ3v) is 6.61. The molecule has 0 atom stereocenters. The van der Waals surface area contributed by atoms with E-state index in [9.17, 15) is 9.59 Å². The van der Waals surface area contributed by atoms with E-state index in [2.05, 4.69) is 29.1 Å². The SMILES string of the molecule is CC(C)NC(=O)c1ccc(-c2cn(-c3ccnc4c3c(C(C)C)nn4-c3ccc(C(N)=O)cc3Cl)cn2)cc1. The summed E-state index contributed by atoms with van der Waals surface area (Å²) in [7, 11) is 0. The van der Waals surface area contributed by atoms with Crippen molar-refractivity contribution >= 4 is 34.4 Å². The average Bonchev–Trinajstić information content (AvgIpc) is 3.54. The summed E-state index contributed by atoms with van der Waals surface area (Å²) in [6.45, 7) is 7.99. The van der Waals surface area contributed by atoms with Crippen LogP contribution < -0.4 is 11.1 Å². The second-order valence-electron chi connectivity index (χ2n) is 9.88. The number of aromatic nitrogens is 5. The van der Waals surface area contributed by atoms with Crippen LogP contribution in [0, 0.1) is 0 Å². The van der Waals surface area contributed by atoms with Gasteiger partial charge in [-0.1, -0.05) is 37.6 Å². The third-order valence-electron chi connectivity index (χ3n) is 6.30. The minimum Gasteiger partial charge on any atom is -0.366 e. The lowest BCUT2D eigenvalue weighted by atomic mass is 10.1. The topological polar surface area (TPSA) is 121 Å². The van der Waals surface area contributed by atoms with E-state index in [0.29, 0.717) is 27.5 Å². The second kappa shape index (κ2) is 10.3. The van der Waals surface area contributed by atoms with Crippen LogP contribution in [0.4, 0.5) is 0 Å². The summed E-state index contributed by atoms with van der Waals surface area (Å²) < 4.78 is 3.63. The van der Waals surface area contributed by atoms with Gasteiger partial charge in [-0.15, -0.1) is 0 Å². The number of amides is 2. The molecule has 0 aliphatic heterocycles. The van der Waals surface area contributed by atoms with Crippen LogP contribution in [-0.2, 0) is 0 Å². The molecule has 2 aromatic carbocycles. The van der Waals surface area contributed by atoms with Crippen molar-refractivity contribution in [2.45, 2.75) is 39.7 Å². The molecule has 0 unspecified atom stereocenters. The van der Waals surface area contributed by atoms with Gasteiger partial charge in [0.15, 0.2) is 5.65 Å². The van der Waals surface area contributed by atoms with Gasteiger partial charge in [-0.2, -0.15) is 5.10 Å². The van der Waals surface area contributed by atoms with Crippen molar-refractivity contribution in [1.82, 2.24) is 29.6 Å². The van der Waals surface area contributed by atoms with Crippen molar-refractivity contribution in [3.8, 4) is 22.6 Å². The van der Waals surface area contributed by atoms with Crippen molar-refractivity contribution in [2.24, 2.45) is 5.73 Å². The van der Waals surface area contributed by atoms with Gasteiger partial charge in [-0.25, -0.2) is 14.6 Å². The molecule has 39 heavy (non-hydrogen) atoms. The highest BCUT2D eigenvalue weighted by Crippen LogP contribution is 2.33. The van der Waals surface area contributed by atoms with Crippen LogP contribution in [-0.4, -0.2) is 42.2 Å². The van der Waals surface area contributed by atoms with Crippen molar-refractivity contribution < 1.29 is 9.59 Å². The molecule has 0 aliphatic rings. The summed E-state index contributed by atoms with van der Waals surface area (Å²) in [6, 6.07) is 14.2. The number of hydrogen-bond acceptors (Lipinski definition) is 5. The first-order chi connectivity index (χ1) is 18.6. The van der Waals surface area contributed by atoms with Gasteiger partial charge in [0, 0.05) is 35.1 Å². The van der Waals surface area contributed by atoms with Crippen molar-refractivity contribution in [3.05, 3.63) is 89.1 Å². The van der Waals surface area contributed by atoms with Crippen LogP contribution in [0.1, 0.15) is 60.0 Å². The Balaban J connectivity index is 1.56. The molecule has 0 spiro atoms. The van der Waals surface area contributed by atoms with E-state index >= 15 is 0 Å². The first-order valence-electron chi connectivity index (χ1n) is 12.6. The number of fused-ring (bicyclic) bond motifs is 1. The average molecular weight is 542 g/mol. The summed E-state index contributed by atoms with van der Waals surface area (Å²) in [5, 5.41) is 8.98. The summed E-state index contributed by atoms with van der Waals surface area (Å²) >= 11 is 6.54. The molecule has 0 aliphatic carbocycles. The first kappa shape index (κ1) is 26.1. The maximum absolute atomic E-state index is 12.3. The minimum atomic E-state index is -0.554. The Labute approximate surface area is 230 Å². The molecule has 3 heterocycles. The fourth-order valence-electron chi connectivity index (χ4n) is 4.41. The van der Waals surface area contributed by atoms with E-state index in [0.717, 1.165) is 28.0 Å². The van der Waals surface area contributed by atoms with E-state index in [-0.39, 0.29) is 17.9 Å². The summed E-state index contributed by atoms with van der Waals surface area (Å²) in [6.07, 6.45) is 5.40. The molecule has 3 N–H and O–H groups in total. The molecule has 0 saturated carbocycles. The molecular weight excluding hydrogens is 514 g/mol. The Morgan fingerprint density at radius 1 is 0.949 bits per heavy atom. The fourth-order valence-corrected chi connectivity index (χ4v) is 4.67. The molecule has 5 aromatic rings. The largest absolute Gasteiger partial charge is 0.366 e. The van der Waals surface area contributed by atoms with Crippen LogP contribution in [0.25, 0.3) is 33.7 Å². The number of halogens is 1. The molecule has 10 heteroatoms. The van der Waals surface area contributed by atoms with Crippen LogP contribution in [0.5, 0.6) is 0 Å². The lowest BCUT2D eigenvalue weighted by Crippen LogP contribution is -2.29. The Morgan fingerprint density at radius 2 is 1.67 bits per heavy atom. The minimum absolute atomic E-state index is 0.0655. The van der Waals surface area contributed by atoms with E-state index in [1.54, 1.807) is 41.5 Å². The van der Waals surface area contributed by atoms with Crippen LogP contribution in [0.15, 0.2) is 67.3 Å². The third kappa shape index (κ3) is 5.00. The molecule has 0 fully saturated rings. The highest BCUT2D eigenvalue weighted by Gasteiger charge is 2.21. The van der Waals surface area contributed by atoms with Crippen LogP contribution in [0.2, 0.25) is 5.02 Å². The number of hydrogen-bond donors (Lipinski definition) is 2. The Kier molecular flexibility index (Phi) is 6.93. The van der Waals surface area contributed by atoms with E-state index in [4.69, 9.17) is 22.4 Å². The highest BCUT2D eigenvalue weighted by atomic mass is 35.5. The molecule has 9 nitrogen and oxygen atoms in total. The predicted molar refractivity (Wildman–Crippen MR) is 152 cm³/mol. The van der Waals surface area contributed by atoms with E-state index in [1.165, 1.54) is 6.07 Å². The molecule has 0 radical (unpaired) electrons. The number of pyridine rings is 1. The maximum Gasteiger partial charge on any atom is 0.251 e. The summed E-state index contributed by atoms with van der Waals surface area (Å²) in [4.78, 5) is 33.2. The number of nitrogens with zero attached hydrogens (tertiary/aromatic N) is 5. The van der Waals surface area contributed by atoms with E-state index in [1.807, 2.05) is 42.8 Å². The molecule has 3 aromatic heterocycles. The van der Waals surface area contributed by atoms with Crippen LogP contribution >= 0.6 is 11.6 Å². The zero-order chi connectivity index (χ0) is 27.8. The number of primary amides is 1. The van der Waals surface area contributed by atoms with Gasteiger partial charge in [0.25, 0.3) is 5.91 Å². The highest BCUT2D eigenvalue weighted by molar-refractivity contribution is 6.32. The number of carbonyl (C=O) groups is 2. The zero-order valence-electron chi connectivity index (χ0n) is 22.0. The van der Waals surface area contributed by atoms with Gasteiger partial charge in [-0.05, 0) is 56.2 Å². The standard InChI is InChI=1S/C29H28ClN7O2/c1-16(2)26-25-24(11-12-32-28(25)37(35-26)23-10-9-20(27(31)38)13-21(23)30)36-14-22(33-15-36)18-5-7-19(8-6-18)29(39)34-17(3)4/h5-17H,1-4H3,(H2,31,38)(H,34,39). The van der Waals surface area contributed by atoms with Gasteiger partial charge in [-0.3, -0.25) is 9.59 Å². The molecule has 0 saturated heterocycles. The molecule has 5 rings (SSSR count). The Morgan fingerprint density at radius 3 is 2.31 bits per heavy atom. The first-order valence-corrected chi connectivity index (χ1v) is 12.9. The number of carbonyl (C=O) groups excluding carboxylic acids is 2. The fraction of sp³-hybridized carbons (Fsp3) is 0.207. The summed E-state index contributed by atoms with van der Waals surface area (Å²) in [5.41, 5.74) is 10.9. The number of imidazole rings is 1. The van der Waals surface area contributed by atoms with Crippen LogP contribution in [0.3, 0.4) is 0 Å². The maximum atomic E-state index is 12.3. The number of nitrogens with two attached hydrogens (primary N) is 1. The van der Waals surface area contributed by atoms with Crippen molar-refractivity contribution in [3.63, 3.8) is 0 Å². The van der Waals surface area contributed by atoms with Gasteiger partial charge in [0.1, 0.15) is 0 Å². The summed E-state index contributed by atoms with van der Waals surface area (Å²) in [5.74, 6) is -0.571. The Bertz CT molecular complexity index is 1700. The van der Waals surface area contributed by atoms with Gasteiger partial charge < -0.3 is 15.6 Å². The molecule has 198 valence electrons. The number of benzene rings is 2. The van der Waals surface area contributed by atoms with Crippen molar-refractivity contribution in [2.75, 3.05) is 0 Å². The Hall–Kier alpha value is -4.50. The molecular formula is C29H28ClN7O2. The molecule has 2 amide bonds. The quantitative estimate of drug-likeness (QED) is 0.290. The molecule has 0 bridgehead atoms.